The summed E-state index contributed by atoms with van der Waals surface area (Å²) in [4.78, 5) is 25.3. The Bertz CT molecular complexity index is 1430. The number of imidazole rings is 1. The Balaban J connectivity index is 1.36. The van der Waals surface area contributed by atoms with Crippen molar-refractivity contribution in [3.05, 3.63) is 36.7 Å². The van der Waals surface area contributed by atoms with Crippen LogP contribution in [0.15, 0.2) is 36.7 Å². The number of unbranched alkanes of at least 4 members (excludes halogenated alkanes) is 1. The van der Waals surface area contributed by atoms with Gasteiger partial charge in [0.05, 0.1) is 45.3 Å². The molecule has 2 fully saturated rings. The molecule has 2 aliphatic heterocycles. The molecule has 0 radical (unpaired) electrons. The molecule has 1 spiro atoms. The number of esters is 1. The average Bonchev–Trinajstić information content (AvgIpc) is 3.50. The second kappa shape index (κ2) is 12.5. The third-order valence-corrected chi connectivity index (χ3v) is 9.38. The van der Waals surface area contributed by atoms with E-state index in [-0.39, 0.29) is 31.2 Å². The maximum atomic E-state index is 14.0. The van der Waals surface area contributed by atoms with E-state index in [4.69, 9.17) is 33.7 Å². The fourth-order valence-corrected chi connectivity index (χ4v) is 6.92. The first-order valence-electron chi connectivity index (χ1n) is 13.9. The van der Waals surface area contributed by atoms with Gasteiger partial charge in [0, 0.05) is 6.42 Å². The number of nitrogens with two attached hydrogens (primary N) is 1. The van der Waals surface area contributed by atoms with Crippen LogP contribution in [0.2, 0.25) is 0 Å². The van der Waals surface area contributed by atoms with Crippen LogP contribution in [0.4, 0.5) is 5.95 Å². The Morgan fingerprint density at radius 3 is 2.74 bits per heavy atom. The number of aliphatic hydroxyl groups excluding tert-OH is 1. The van der Waals surface area contributed by atoms with E-state index < -0.39 is 43.5 Å². The van der Waals surface area contributed by atoms with E-state index in [9.17, 15) is 14.5 Å². The highest BCUT2D eigenvalue weighted by atomic mass is 31.2. The number of rotatable bonds is 13. The summed E-state index contributed by atoms with van der Waals surface area (Å²) in [5.41, 5.74) is 5.45. The number of aromatic nitrogens is 4. The molecule has 3 unspecified atom stereocenters. The summed E-state index contributed by atoms with van der Waals surface area (Å²) < 4.78 is 50.2. The quantitative estimate of drug-likeness (QED) is 0.165. The Kier molecular flexibility index (Phi) is 9.00. The Morgan fingerprint density at radius 1 is 1.31 bits per heavy atom. The minimum Gasteiger partial charge on any atom is -0.479 e. The van der Waals surface area contributed by atoms with Crippen LogP contribution >= 0.6 is 7.60 Å². The largest absolute Gasteiger partial charge is 0.479 e. The molecule has 228 valence electrons. The van der Waals surface area contributed by atoms with Crippen molar-refractivity contribution in [3.63, 3.8) is 0 Å². The molecule has 5 rings (SSSR count). The van der Waals surface area contributed by atoms with Crippen molar-refractivity contribution in [1.82, 2.24) is 19.5 Å². The van der Waals surface area contributed by atoms with Crippen molar-refractivity contribution < 1.29 is 42.5 Å². The zero-order valence-electron chi connectivity index (χ0n) is 23.7. The standard InChI is InChI=1S/C27H36N5O9P/c1-4-5-12-37-24(34)17(2)15-42(35,41-18-9-7-6-8-10-18)39-14-19-21(33)27(11-13-38-27)25(40-19)32-16-29-20-22(32)30-26(28)31-23(20)36-3/h6-10,16-17,19,21,25,33H,4-5,11-15H2,1-3H3,(H2,28,30,31)/t17-,19?,21-,25?,27-,42?/m1/s1. The number of hydrogen-bond acceptors (Lipinski definition) is 13. The predicted molar refractivity (Wildman–Crippen MR) is 150 cm³/mol. The van der Waals surface area contributed by atoms with Crippen molar-refractivity contribution in [2.75, 3.05) is 38.8 Å². The number of methoxy groups -OCH3 is 1. The molecule has 0 aliphatic carbocycles. The number of carbonyl (C=O) groups excluding carboxylic acids is 1. The molecule has 3 aromatic rings. The monoisotopic (exact) mass is 605 g/mol. The van der Waals surface area contributed by atoms with Crippen LogP contribution in [-0.2, 0) is 28.1 Å². The first-order valence-corrected chi connectivity index (χ1v) is 15.6. The van der Waals surface area contributed by atoms with Gasteiger partial charge in [-0.05, 0) is 18.6 Å². The molecule has 1 aromatic carbocycles. The molecule has 3 N–H and O–H groups in total. The van der Waals surface area contributed by atoms with Crippen LogP contribution in [0, 0.1) is 5.92 Å². The molecule has 14 nitrogen and oxygen atoms in total. The van der Waals surface area contributed by atoms with E-state index in [1.165, 1.54) is 13.4 Å². The topological polar surface area (TPSA) is 179 Å². The fraction of sp³-hybridized carbons (Fsp3) is 0.556. The van der Waals surface area contributed by atoms with E-state index in [2.05, 4.69) is 15.0 Å². The van der Waals surface area contributed by atoms with Crippen LogP contribution in [-0.4, -0.2) is 81.5 Å². The maximum absolute atomic E-state index is 14.0. The highest BCUT2D eigenvalue weighted by molar-refractivity contribution is 7.54. The minimum absolute atomic E-state index is 0.0237. The molecule has 6 atom stereocenters. The van der Waals surface area contributed by atoms with Gasteiger partial charge in [-0.25, -0.2) is 9.55 Å². The molecule has 0 saturated carbocycles. The summed E-state index contributed by atoms with van der Waals surface area (Å²) in [6.07, 6.45) is 0.353. The molecule has 0 amide bonds. The van der Waals surface area contributed by atoms with Crippen LogP contribution in [0.5, 0.6) is 11.6 Å². The molecule has 4 heterocycles. The predicted octanol–water partition coefficient (Wildman–Crippen LogP) is 3.10. The summed E-state index contributed by atoms with van der Waals surface area (Å²) >= 11 is 0. The lowest BCUT2D eigenvalue weighted by Gasteiger charge is -2.44. The number of fused-ring (bicyclic) bond motifs is 1. The molecular formula is C27H36N5O9P. The van der Waals surface area contributed by atoms with Crippen molar-refractivity contribution in [3.8, 4) is 11.6 Å². The Morgan fingerprint density at radius 2 is 2.07 bits per heavy atom. The van der Waals surface area contributed by atoms with Gasteiger partial charge in [0.15, 0.2) is 17.4 Å². The summed E-state index contributed by atoms with van der Waals surface area (Å²) in [6, 6.07) is 8.53. The van der Waals surface area contributed by atoms with E-state index in [0.29, 0.717) is 29.9 Å². The summed E-state index contributed by atoms with van der Waals surface area (Å²) in [6.45, 7) is 3.98. The van der Waals surface area contributed by atoms with Crippen LogP contribution in [0.3, 0.4) is 0 Å². The van der Waals surface area contributed by atoms with Crippen molar-refractivity contribution in [2.45, 2.75) is 57.1 Å². The number of nitrogens with zero attached hydrogens (tertiary/aromatic N) is 4. The van der Waals surface area contributed by atoms with Gasteiger partial charge in [-0.2, -0.15) is 9.97 Å². The average molecular weight is 606 g/mol. The highest BCUT2D eigenvalue weighted by Gasteiger charge is 2.62. The van der Waals surface area contributed by atoms with E-state index >= 15 is 0 Å². The van der Waals surface area contributed by atoms with Crippen LogP contribution < -0.4 is 15.0 Å². The van der Waals surface area contributed by atoms with Crippen molar-refractivity contribution in [1.29, 1.82) is 0 Å². The maximum Gasteiger partial charge on any atom is 0.380 e. The molecule has 2 aromatic heterocycles. The molecule has 15 heteroatoms. The van der Waals surface area contributed by atoms with Crippen LogP contribution in [0.1, 0.15) is 39.3 Å². The minimum atomic E-state index is -3.94. The molecule has 2 aliphatic rings. The zero-order chi connectivity index (χ0) is 29.9. The van der Waals surface area contributed by atoms with Crippen molar-refractivity contribution >= 4 is 30.7 Å². The fourth-order valence-electron chi connectivity index (χ4n) is 5.05. The van der Waals surface area contributed by atoms with Gasteiger partial charge in [-0.15, -0.1) is 0 Å². The van der Waals surface area contributed by atoms with Crippen molar-refractivity contribution in [2.24, 2.45) is 5.92 Å². The first-order chi connectivity index (χ1) is 20.2. The van der Waals surface area contributed by atoms with Crippen LogP contribution in [0.25, 0.3) is 11.2 Å². The van der Waals surface area contributed by atoms with Gasteiger partial charge in [-0.3, -0.25) is 13.9 Å². The second-order valence-electron chi connectivity index (χ2n) is 10.4. The van der Waals surface area contributed by atoms with E-state index in [1.807, 2.05) is 6.92 Å². The van der Waals surface area contributed by atoms with E-state index in [0.717, 1.165) is 12.8 Å². The Labute approximate surface area is 243 Å². The smallest absolute Gasteiger partial charge is 0.380 e. The highest BCUT2D eigenvalue weighted by Crippen LogP contribution is 2.53. The number of carbonyl (C=O) groups is 1. The van der Waals surface area contributed by atoms with Gasteiger partial charge in [-0.1, -0.05) is 38.5 Å². The van der Waals surface area contributed by atoms with E-state index in [1.54, 1.807) is 41.8 Å². The Hall–Kier alpha value is -3.29. The number of benzene rings is 1. The normalized spacial score (nSPS) is 25.6. The lowest BCUT2D eigenvalue weighted by molar-refractivity contribution is -0.225. The zero-order valence-corrected chi connectivity index (χ0v) is 24.6. The summed E-state index contributed by atoms with van der Waals surface area (Å²) in [5.74, 6) is -0.777. The van der Waals surface area contributed by atoms with Gasteiger partial charge in [0.1, 0.15) is 23.6 Å². The molecule has 2 saturated heterocycles. The lowest BCUT2D eigenvalue weighted by Crippen LogP contribution is -2.56. The number of hydrogen-bond donors (Lipinski definition) is 2. The number of anilines is 1. The molecular weight excluding hydrogens is 569 g/mol. The van der Waals surface area contributed by atoms with Gasteiger partial charge < -0.3 is 34.3 Å². The summed E-state index contributed by atoms with van der Waals surface area (Å²) in [5, 5.41) is 11.4. The second-order valence-corrected chi connectivity index (χ2v) is 12.4. The SMILES string of the molecule is CCCCOC(=O)[C@H](C)CP(=O)(OCC1OC(n2cnc3c(OC)nc(N)nc32)[C@@]2(CCO2)[C@@H]1O)Oc1ccccc1. The van der Waals surface area contributed by atoms with Gasteiger partial charge in [0.25, 0.3) is 0 Å². The third-order valence-electron chi connectivity index (χ3n) is 7.36. The van der Waals surface area contributed by atoms with Gasteiger partial charge >= 0.3 is 13.6 Å². The lowest BCUT2D eigenvalue weighted by atomic mass is 9.86. The number of aliphatic hydroxyl groups is 1. The third kappa shape index (κ3) is 5.95. The molecule has 42 heavy (non-hydrogen) atoms. The number of nitrogen functional groups attached to an aromatic ring is 1. The first kappa shape index (κ1) is 30.2. The number of para-hydroxylation sites is 1. The summed E-state index contributed by atoms with van der Waals surface area (Å²) in [7, 11) is -2.50. The number of ether oxygens (including phenoxy) is 4. The van der Waals surface area contributed by atoms with Gasteiger partial charge in [0.2, 0.25) is 11.8 Å². The molecule has 0 bridgehead atoms.